The highest BCUT2D eigenvalue weighted by Gasteiger charge is 2.44. The summed E-state index contributed by atoms with van der Waals surface area (Å²) in [5.74, 6) is 1.51. The summed E-state index contributed by atoms with van der Waals surface area (Å²) in [5, 5.41) is 8.11. The Morgan fingerprint density at radius 3 is 2.50 bits per heavy atom. The number of halogens is 3. The molecule has 1 saturated carbocycles. The molecule has 40 heavy (non-hydrogen) atoms. The quantitative estimate of drug-likeness (QED) is 0.362. The maximum absolute atomic E-state index is 13.8. The summed E-state index contributed by atoms with van der Waals surface area (Å²) in [6.45, 7) is 8.30. The number of allylic oxidation sites excluding steroid dienone is 4. The van der Waals surface area contributed by atoms with Crippen molar-refractivity contribution in [2.75, 3.05) is 24.5 Å². The molecule has 2 aliphatic heterocycles. The van der Waals surface area contributed by atoms with Gasteiger partial charge in [0.15, 0.2) is 0 Å². The molecule has 2 aliphatic carbocycles. The predicted molar refractivity (Wildman–Crippen MR) is 151 cm³/mol. The van der Waals surface area contributed by atoms with E-state index in [4.69, 9.17) is 4.52 Å². The second kappa shape index (κ2) is 8.98. The van der Waals surface area contributed by atoms with Crippen LogP contribution < -0.4 is 10.2 Å². The number of aryl methyl sites for hydroxylation is 1. The standard InChI is InChI=1S/C32H33F3N4O/c1-18-16-36-17-19(2)27(18)29-28(30(40-38-29)21-4-5-21)22-14-31(15-22)8-10-39(11-9-31)23-6-7-26-24(13-23)25(32(33,34)35)12-20(3)37-26/h6-7,12-14,16,21,36H,4-5,8-11,15,17H2,1-3H3. The summed E-state index contributed by atoms with van der Waals surface area (Å²) in [6.07, 6.45) is 5.32. The van der Waals surface area contributed by atoms with Crippen LogP contribution in [0.1, 0.15) is 80.1 Å². The molecule has 1 spiro atoms. The van der Waals surface area contributed by atoms with Gasteiger partial charge in [-0.3, -0.25) is 4.98 Å². The third-order valence-electron chi connectivity index (χ3n) is 9.10. The Bertz CT molecular complexity index is 1610. The largest absolute Gasteiger partial charge is 0.417 e. The fourth-order valence-corrected chi connectivity index (χ4v) is 6.84. The smallest absolute Gasteiger partial charge is 0.387 e. The van der Waals surface area contributed by atoms with E-state index in [0.29, 0.717) is 17.1 Å². The molecule has 3 aromatic rings. The third-order valence-corrected chi connectivity index (χ3v) is 9.10. The van der Waals surface area contributed by atoms with E-state index in [9.17, 15) is 13.2 Å². The Hall–Kier alpha value is -3.55. The topological polar surface area (TPSA) is 54.2 Å². The van der Waals surface area contributed by atoms with E-state index in [1.807, 2.05) is 6.07 Å². The third kappa shape index (κ3) is 4.23. The van der Waals surface area contributed by atoms with Crippen molar-refractivity contribution in [3.05, 3.63) is 76.0 Å². The van der Waals surface area contributed by atoms with E-state index in [0.717, 1.165) is 74.9 Å². The molecular formula is C32H33F3N4O. The van der Waals surface area contributed by atoms with Crippen LogP contribution in [0.15, 0.2) is 52.2 Å². The van der Waals surface area contributed by atoms with Crippen molar-refractivity contribution in [2.24, 2.45) is 5.41 Å². The monoisotopic (exact) mass is 546 g/mol. The second-order valence-corrected chi connectivity index (χ2v) is 12.1. The van der Waals surface area contributed by atoms with Crippen molar-refractivity contribution in [3.8, 4) is 0 Å². The van der Waals surface area contributed by atoms with Gasteiger partial charge >= 0.3 is 6.18 Å². The molecule has 0 bridgehead atoms. The first-order valence-electron chi connectivity index (χ1n) is 14.2. The highest BCUT2D eigenvalue weighted by Crippen LogP contribution is 2.55. The van der Waals surface area contributed by atoms with Crippen LogP contribution in [0.25, 0.3) is 22.0 Å². The van der Waals surface area contributed by atoms with Crippen molar-refractivity contribution in [1.82, 2.24) is 15.5 Å². The molecule has 1 aromatic carbocycles. The highest BCUT2D eigenvalue weighted by atomic mass is 19.4. The van der Waals surface area contributed by atoms with Gasteiger partial charge in [-0.25, -0.2) is 0 Å². The van der Waals surface area contributed by atoms with Crippen LogP contribution in [-0.4, -0.2) is 29.8 Å². The SMILES string of the molecule is CC1=CNCC(C)=C1c1noc(C2CC2)c1C1=CC2(CCN(c3ccc4nc(C)cc(C(F)(F)F)c4c3)CC2)C1. The Labute approximate surface area is 231 Å². The molecule has 4 aliphatic rings. The summed E-state index contributed by atoms with van der Waals surface area (Å²) in [6, 6.07) is 6.44. The Kier molecular flexibility index (Phi) is 5.71. The number of piperidine rings is 1. The molecule has 8 heteroatoms. The van der Waals surface area contributed by atoms with Gasteiger partial charge in [-0.05, 0) is 99.3 Å². The first kappa shape index (κ1) is 25.4. The van der Waals surface area contributed by atoms with Crippen LogP contribution in [-0.2, 0) is 6.18 Å². The van der Waals surface area contributed by atoms with Crippen molar-refractivity contribution in [2.45, 2.75) is 65.0 Å². The molecule has 208 valence electrons. The zero-order valence-corrected chi connectivity index (χ0v) is 23.1. The molecule has 2 fully saturated rings. The number of fused-ring (bicyclic) bond motifs is 1. The van der Waals surface area contributed by atoms with Crippen molar-refractivity contribution in [1.29, 1.82) is 0 Å². The number of nitrogens with zero attached hydrogens (tertiary/aromatic N) is 3. The van der Waals surface area contributed by atoms with Gasteiger partial charge in [0.1, 0.15) is 11.5 Å². The van der Waals surface area contributed by atoms with Crippen LogP contribution >= 0.6 is 0 Å². The Balaban J connectivity index is 1.14. The zero-order chi connectivity index (χ0) is 27.8. The second-order valence-electron chi connectivity index (χ2n) is 12.1. The average molecular weight is 547 g/mol. The summed E-state index contributed by atoms with van der Waals surface area (Å²) < 4.78 is 47.3. The first-order valence-corrected chi connectivity index (χ1v) is 14.2. The van der Waals surface area contributed by atoms with Gasteiger partial charge in [0.2, 0.25) is 0 Å². The molecule has 0 amide bonds. The number of anilines is 1. The minimum Gasteiger partial charge on any atom is -0.387 e. The van der Waals surface area contributed by atoms with Gasteiger partial charge < -0.3 is 14.7 Å². The van der Waals surface area contributed by atoms with Crippen molar-refractivity contribution in [3.63, 3.8) is 0 Å². The number of alkyl halides is 3. The first-order chi connectivity index (χ1) is 19.1. The number of dihydropyridines is 1. The molecule has 1 N–H and O–H groups in total. The molecule has 0 unspecified atom stereocenters. The lowest BCUT2D eigenvalue weighted by Gasteiger charge is -2.47. The lowest BCUT2D eigenvalue weighted by Crippen LogP contribution is -2.42. The van der Waals surface area contributed by atoms with Gasteiger partial charge in [0, 0.05) is 59.7 Å². The fourth-order valence-electron chi connectivity index (χ4n) is 6.84. The van der Waals surface area contributed by atoms with Gasteiger partial charge in [-0.1, -0.05) is 11.2 Å². The molecule has 0 radical (unpaired) electrons. The average Bonchev–Trinajstić information content (AvgIpc) is 3.65. The summed E-state index contributed by atoms with van der Waals surface area (Å²) in [7, 11) is 0. The van der Waals surface area contributed by atoms with Crippen molar-refractivity contribution < 1.29 is 17.7 Å². The Morgan fingerprint density at radius 2 is 1.82 bits per heavy atom. The number of pyridine rings is 1. The van der Waals surface area contributed by atoms with Crippen LogP contribution in [0, 0.1) is 12.3 Å². The van der Waals surface area contributed by atoms with E-state index in [-0.39, 0.29) is 10.8 Å². The van der Waals surface area contributed by atoms with Crippen LogP contribution in [0.2, 0.25) is 0 Å². The zero-order valence-electron chi connectivity index (χ0n) is 23.1. The van der Waals surface area contributed by atoms with Crippen LogP contribution in [0.4, 0.5) is 18.9 Å². The molecule has 7 rings (SSSR count). The van der Waals surface area contributed by atoms with E-state index < -0.39 is 11.7 Å². The van der Waals surface area contributed by atoms with Crippen molar-refractivity contribution >= 4 is 27.7 Å². The van der Waals surface area contributed by atoms with Crippen LogP contribution in [0.3, 0.4) is 0 Å². The Morgan fingerprint density at radius 1 is 1.07 bits per heavy atom. The summed E-state index contributed by atoms with van der Waals surface area (Å²) in [4.78, 5) is 6.56. The minimum absolute atomic E-state index is 0.121. The van der Waals surface area contributed by atoms with E-state index in [1.54, 1.807) is 19.1 Å². The number of nitrogens with one attached hydrogen (secondary N) is 1. The van der Waals surface area contributed by atoms with Gasteiger partial charge in [0.25, 0.3) is 0 Å². The normalized spacial score (nSPS) is 20.9. The molecule has 0 atom stereocenters. The summed E-state index contributed by atoms with van der Waals surface area (Å²) in [5.41, 5.74) is 8.26. The van der Waals surface area contributed by atoms with E-state index >= 15 is 0 Å². The lowest BCUT2D eigenvalue weighted by atomic mass is 9.63. The predicted octanol–water partition coefficient (Wildman–Crippen LogP) is 7.78. The fraction of sp³-hybridized carbons (Fsp3) is 0.438. The molecule has 2 aromatic heterocycles. The highest BCUT2D eigenvalue weighted by molar-refractivity contribution is 5.89. The number of aromatic nitrogens is 2. The summed E-state index contributed by atoms with van der Waals surface area (Å²) >= 11 is 0. The maximum atomic E-state index is 13.8. The maximum Gasteiger partial charge on any atom is 0.417 e. The number of hydrogen-bond acceptors (Lipinski definition) is 5. The minimum atomic E-state index is -4.42. The number of rotatable bonds is 4. The van der Waals surface area contributed by atoms with E-state index in [1.165, 1.54) is 27.9 Å². The number of benzene rings is 1. The van der Waals surface area contributed by atoms with Gasteiger partial charge in [-0.2, -0.15) is 13.2 Å². The van der Waals surface area contributed by atoms with Gasteiger partial charge in [-0.15, -0.1) is 0 Å². The molecule has 4 heterocycles. The lowest BCUT2D eigenvalue weighted by molar-refractivity contribution is -0.136. The number of hydrogen-bond donors (Lipinski definition) is 1. The van der Waals surface area contributed by atoms with E-state index in [2.05, 4.69) is 46.5 Å². The molecule has 1 saturated heterocycles. The van der Waals surface area contributed by atoms with Crippen LogP contribution in [0.5, 0.6) is 0 Å². The molecular weight excluding hydrogens is 513 g/mol. The van der Waals surface area contributed by atoms with Gasteiger partial charge in [0.05, 0.1) is 11.1 Å². The molecule has 5 nitrogen and oxygen atoms in total.